The third-order valence-corrected chi connectivity index (χ3v) is 5.37. The number of benzene rings is 1. The van der Waals surface area contributed by atoms with E-state index in [4.69, 9.17) is 0 Å². The molecule has 0 bridgehead atoms. The van der Waals surface area contributed by atoms with Crippen molar-refractivity contribution in [3.63, 3.8) is 0 Å². The standard InChI is InChI=1S/C14H16F3NO2S/c1-13(2)9-18(6-7-21(13)20)12(19)10-4-3-5-11(8-10)14(15,16)17/h3-5,8H,6-7,9H2,1-2H3/t21-/m0/s1. The van der Waals surface area contributed by atoms with E-state index in [0.29, 0.717) is 12.3 Å². The van der Waals surface area contributed by atoms with E-state index in [9.17, 15) is 22.2 Å². The zero-order valence-electron chi connectivity index (χ0n) is 11.7. The summed E-state index contributed by atoms with van der Waals surface area (Å²) in [6.07, 6.45) is -4.47. The molecule has 1 saturated heterocycles. The predicted octanol–water partition coefficient (Wildman–Crippen LogP) is 2.69. The molecule has 7 heteroatoms. The van der Waals surface area contributed by atoms with Crippen molar-refractivity contribution in [1.29, 1.82) is 0 Å². The average molecular weight is 319 g/mol. The van der Waals surface area contributed by atoms with Crippen LogP contribution in [0.4, 0.5) is 13.2 Å². The molecular formula is C14H16F3NO2S. The van der Waals surface area contributed by atoms with Crippen molar-refractivity contribution in [3.8, 4) is 0 Å². The van der Waals surface area contributed by atoms with Gasteiger partial charge in [-0.05, 0) is 32.0 Å². The smallest absolute Gasteiger partial charge is 0.336 e. The summed E-state index contributed by atoms with van der Waals surface area (Å²) in [6.45, 7) is 4.14. The highest BCUT2D eigenvalue weighted by Crippen LogP contribution is 2.30. The van der Waals surface area contributed by atoms with Gasteiger partial charge in [0.15, 0.2) is 0 Å². The molecule has 1 aromatic rings. The first-order valence-corrected chi connectivity index (χ1v) is 7.78. The van der Waals surface area contributed by atoms with Gasteiger partial charge in [0.2, 0.25) is 0 Å². The van der Waals surface area contributed by atoms with Crippen LogP contribution in [0.1, 0.15) is 29.8 Å². The first kappa shape index (κ1) is 16.0. The fourth-order valence-electron chi connectivity index (χ4n) is 2.26. The van der Waals surface area contributed by atoms with E-state index in [1.54, 1.807) is 13.8 Å². The lowest BCUT2D eigenvalue weighted by Crippen LogP contribution is -2.52. The summed E-state index contributed by atoms with van der Waals surface area (Å²) in [5, 5.41) is 0. The van der Waals surface area contributed by atoms with E-state index in [0.717, 1.165) is 12.1 Å². The Kier molecular flexibility index (Phi) is 4.15. The Labute approximate surface area is 123 Å². The van der Waals surface area contributed by atoms with Crippen molar-refractivity contribution < 1.29 is 22.2 Å². The molecule has 21 heavy (non-hydrogen) atoms. The number of carbonyl (C=O) groups is 1. The van der Waals surface area contributed by atoms with Gasteiger partial charge in [-0.3, -0.25) is 9.00 Å². The molecule has 1 heterocycles. The first-order valence-electron chi connectivity index (χ1n) is 6.46. The summed E-state index contributed by atoms with van der Waals surface area (Å²) in [6, 6.07) is 4.40. The summed E-state index contributed by atoms with van der Waals surface area (Å²) in [5.74, 6) is -0.108. The Bertz CT molecular complexity index is 584. The number of hydrogen-bond acceptors (Lipinski definition) is 2. The van der Waals surface area contributed by atoms with Crippen LogP contribution < -0.4 is 0 Å². The van der Waals surface area contributed by atoms with Gasteiger partial charge < -0.3 is 4.90 Å². The number of amides is 1. The molecule has 1 aromatic carbocycles. The topological polar surface area (TPSA) is 37.4 Å². The quantitative estimate of drug-likeness (QED) is 0.798. The maximum Gasteiger partial charge on any atom is 0.416 e. The van der Waals surface area contributed by atoms with E-state index in [1.807, 2.05) is 0 Å². The highest BCUT2D eigenvalue weighted by molar-refractivity contribution is 7.86. The second kappa shape index (κ2) is 5.44. The largest absolute Gasteiger partial charge is 0.416 e. The van der Waals surface area contributed by atoms with Gasteiger partial charge in [-0.15, -0.1) is 0 Å². The molecular weight excluding hydrogens is 303 g/mol. The van der Waals surface area contributed by atoms with Crippen LogP contribution >= 0.6 is 0 Å². The SMILES string of the molecule is CC1(C)CN(C(=O)c2cccc(C(F)(F)F)c2)CC[S@@]1=O. The molecule has 2 rings (SSSR count). The van der Waals surface area contributed by atoms with Gasteiger partial charge in [0, 0.05) is 35.2 Å². The highest BCUT2D eigenvalue weighted by atomic mass is 32.2. The van der Waals surface area contributed by atoms with Crippen molar-refractivity contribution in [1.82, 2.24) is 4.90 Å². The van der Waals surface area contributed by atoms with Gasteiger partial charge in [-0.2, -0.15) is 13.2 Å². The Hall–Kier alpha value is -1.37. The number of nitrogens with zero attached hydrogens (tertiary/aromatic N) is 1. The lowest BCUT2D eigenvalue weighted by atomic mass is 10.1. The second-order valence-electron chi connectivity index (χ2n) is 5.61. The van der Waals surface area contributed by atoms with Crippen molar-refractivity contribution in [3.05, 3.63) is 35.4 Å². The number of halogens is 3. The Morgan fingerprint density at radius 1 is 1.33 bits per heavy atom. The van der Waals surface area contributed by atoms with Gasteiger partial charge in [0.1, 0.15) is 0 Å². The molecule has 1 atom stereocenters. The van der Waals surface area contributed by atoms with Gasteiger partial charge in [-0.1, -0.05) is 6.07 Å². The van der Waals surface area contributed by atoms with E-state index in [1.165, 1.54) is 17.0 Å². The number of alkyl halides is 3. The minimum atomic E-state index is -4.47. The summed E-state index contributed by atoms with van der Waals surface area (Å²) >= 11 is 0. The van der Waals surface area contributed by atoms with Crippen LogP contribution in [0, 0.1) is 0 Å². The van der Waals surface area contributed by atoms with Gasteiger partial charge in [0.25, 0.3) is 5.91 Å². The molecule has 0 aliphatic carbocycles. The molecule has 1 amide bonds. The molecule has 116 valence electrons. The third-order valence-electron chi connectivity index (χ3n) is 3.46. The Morgan fingerprint density at radius 3 is 2.57 bits per heavy atom. The fourth-order valence-corrected chi connectivity index (χ4v) is 3.50. The molecule has 3 nitrogen and oxygen atoms in total. The number of carbonyl (C=O) groups excluding carboxylic acids is 1. The predicted molar refractivity (Wildman–Crippen MR) is 74.4 cm³/mol. The van der Waals surface area contributed by atoms with Crippen molar-refractivity contribution in [2.45, 2.75) is 24.8 Å². The lowest BCUT2D eigenvalue weighted by molar-refractivity contribution is -0.137. The summed E-state index contributed by atoms with van der Waals surface area (Å²) in [5.41, 5.74) is -0.832. The molecule has 0 N–H and O–H groups in total. The average Bonchev–Trinajstić information content (AvgIpc) is 2.40. The van der Waals surface area contributed by atoms with E-state index in [-0.39, 0.29) is 12.1 Å². The van der Waals surface area contributed by atoms with Crippen LogP contribution in [0.2, 0.25) is 0 Å². The maximum atomic E-state index is 12.7. The molecule has 1 fully saturated rings. The zero-order chi connectivity index (χ0) is 15.8. The van der Waals surface area contributed by atoms with Crippen LogP contribution in [0.5, 0.6) is 0 Å². The van der Waals surface area contributed by atoms with Crippen molar-refractivity contribution >= 4 is 16.7 Å². The molecule has 0 radical (unpaired) electrons. The Morgan fingerprint density at radius 2 is 2.00 bits per heavy atom. The van der Waals surface area contributed by atoms with Crippen LogP contribution in [0.25, 0.3) is 0 Å². The molecule has 0 aromatic heterocycles. The third kappa shape index (κ3) is 3.45. The van der Waals surface area contributed by atoms with Crippen LogP contribution in [0.3, 0.4) is 0 Å². The van der Waals surface area contributed by atoms with Gasteiger partial charge in [0.05, 0.1) is 10.3 Å². The molecule has 0 saturated carbocycles. The van der Waals surface area contributed by atoms with Crippen LogP contribution in [-0.4, -0.2) is 38.6 Å². The van der Waals surface area contributed by atoms with Gasteiger partial charge in [-0.25, -0.2) is 0 Å². The fraction of sp³-hybridized carbons (Fsp3) is 0.500. The monoisotopic (exact) mass is 319 g/mol. The molecule has 1 aliphatic heterocycles. The number of rotatable bonds is 1. The lowest BCUT2D eigenvalue weighted by Gasteiger charge is -2.37. The summed E-state index contributed by atoms with van der Waals surface area (Å²) in [4.78, 5) is 13.8. The van der Waals surface area contributed by atoms with Crippen molar-refractivity contribution in [2.24, 2.45) is 0 Å². The van der Waals surface area contributed by atoms with Crippen LogP contribution in [-0.2, 0) is 17.0 Å². The van der Waals surface area contributed by atoms with E-state index >= 15 is 0 Å². The first-order chi connectivity index (χ1) is 9.61. The molecule has 0 unspecified atom stereocenters. The van der Waals surface area contributed by atoms with E-state index < -0.39 is 33.2 Å². The molecule has 0 spiro atoms. The van der Waals surface area contributed by atoms with Crippen molar-refractivity contribution in [2.75, 3.05) is 18.8 Å². The second-order valence-corrected chi connectivity index (χ2v) is 7.82. The highest BCUT2D eigenvalue weighted by Gasteiger charge is 2.36. The number of hydrogen-bond donors (Lipinski definition) is 0. The molecule has 1 aliphatic rings. The summed E-state index contributed by atoms with van der Waals surface area (Å²) < 4.78 is 49.3. The minimum absolute atomic E-state index is 0.00769. The van der Waals surface area contributed by atoms with Crippen LogP contribution in [0.15, 0.2) is 24.3 Å². The maximum absolute atomic E-state index is 12.7. The summed E-state index contributed by atoms with van der Waals surface area (Å²) in [7, 11) is -1.04. The minimum Gasteiger partial charge on any atom is -0.336 e. The van der Waals surface area contributed by atoms with E-state index in [2.05, 4.69) is 0 Å². The zero-order valence-corrected chi connectivity index (χ0v) is 12.6. The van der Waals surface area contributed by atoms with Gasteiger partial charge >= 0.3 is 6.18 Å². The normalized spacial score (nSPS) is 22.1. The Balaban J connectivity index is 2.23.